The molecular formula is C19H24N2O. The highest BCUT2D eigenvalue weighted by Gasteiger charge is 2.06. The van der Waals surface area contributed by atoms with Gasteiger partial charge >= 0.3 is 0 Å². The van der Waals surface area contributed by atoms with E-state index in [1.54, 1.807) is 0 Å². The van der Waals surface area contributed by atoms with Crippen LogP contribution in [0.1, 0.15) is 24.5 Å². The lowest BCUT2D eigenvalue weighted by Crippen LogP contribution is -2.24. The van der Waals surface area contributed by atoms with E-state index in [1.165, 1.54) is 11.1 Å². The predicted octanol–water partition coefficient (Wildman–Crippen LogP) is 3.71. The zero-order chi connectivity index (χ0) is 15.8. The average molecular weight is 296 g/mol. The highest BCUT2D eigenvalue weighted by atomic mass is 16.1. The van der Waals surface area contributed by atoms with Crippen LogP contribution < -0.4 is 5.32 Å². The molecule has 0 aliphatic carbocycles. The number of carbonyl (C=O) groups excluding carboxylic acids is 1. The van der Waals surface area contributed by atoms with Crippen LogP contribution in [0.4, 0.5) is 5.69 Å². The Morgan fingerprint density at radius 1 is 1.00 bits per heavy atom. The number of aryl methyl sites for hydroxylation is 1. The van der Waals surface area contributed by atoms with Crippen LogP contribution in [0.5, 0.6) is 0 Å². The molecule has 0 aromatic heterocycles. The van der Waals surface area contributed by atoms with Crippen molar-refractivity contribution in [1.82, 2.24) is 4.90 Å². The number of hydrogen-bond acceptors (Lipinski definition) is 2. The minimum Gasteiger partial charge on any atom is -0.326 e. The maximum absolute atomic E-state index is 12.0. The molecule has 3 nitrogen and oxygen atoms in total. The normalized spacial score (nSPS) is 10.7. The molecular weight excluding hydrogens is 272 g/mol. The van der Waals surface area contributed by atoms with E-state index >= 15 is 0 Å². The molecule has 0 aliphatic rings. The van der Waals surface area contributed by atoms with Crippen LogP contribution >= 0.6 is 0 Å². The molecule has 0 spiro atoms. The maximum Gasteiger partial charge on any atom is 0.225 e. The second kappa shape index (κ2) is 8.35. The first-order valence-corrected chi connectivity index (χ1v) is 7.78. The topological polar surface area (TPSA) is 32.3 Å². The van der Waals surface area contributed by atoms with Crippen LogP contribution in [0.3, 0.4) is 0 Å². The number of carbonyl (C=O) groups is 1. The van der Waals surface area contributed by atoms with E-state index in [0.29, 0.717) is 6.42 Å². The van der Waals surface area contributed by atoms with Gasteiger partial charge in [0.2, 0.25) is 5.91 Å². The van der Waals surface area contributed by atoms with Gasteiger partial charge < -0.3 is 10.2 Å². The molecule has 116 valence electrons. The Bertz CT molecular complexity index is 578. The minimum absolute atomic E-state index is 0.0594. The van der Waals surface area contributed by atoms with Gasteiger partial charge in [0.15, 0.2) is 0 Å². The highest BCUT2D eigenvalue weighted by Crippen LogP contribution is 2.10. The summed E-state index contributed by atoms with van der Waals surface area (Å²) in [5, 5.41) is 2.95. The van der Waals surface area contributed by atoms with Gasteiger partial charge in [0.25, 0.3) is 0 Å². The van der Waals surface area contributed by atoms with Gasteiger partial charge in [0.05, 0.1) is 0 Å². The Hall–Kier alpha value is -2.13. The van der Waals surface area contributed by atoms with E-state index < -0.39 is 0 Å². The Balaban J connectivity index is 1.74. The Kier molecular flexibility index (Phi) is 6.16. The van der Waals surface area contributed by atoms with E-state index in [0.717, 1.165) is 25.2 Å². The van der Waals surface area contributed by atoms with Crippen LogP contribution in [0.15, 0.2) is 54.6 Å². The number of amides is 1. The van der Waals surface area contributed by atoms with E-state index in [4.69, 9.17) is 0 Å². The smallest absolute Gasteiger partial charge is 0.225 e. The average Bonchev–Trinajstić information content (AvgIpc) is 2.55. The van der Waals surface area contributed by atoms with Crippen LogP contribution in [-0.2, 0) is 17.8 Å². The maximum atomic E-state index is 12.0. The number of nitrogens with zero attached hydrogens (tertiary/aromatic N) is 1. The van der Waals surface area contributed by atoms with Crippen LogP contribution in [0.2, 0.25) is 0 Å². The fraction of sp³-hybridized carbons (Fsp3) is 0.316. The molecule has 0 fully saturated rings. The van der Waals surface area contributed by atoms with Crippen molar-refractivity contribution < 1.29 is 4.79 Å². The third-order valence-electron chi connectivity index (χ3n) is 3.66. The van der Waals surface area contributed by atoms with Gasteiger partial charge in [-0.25, -0.2) is 0 Å². The number of benzene rings is 2. The first kappa shape index (κ1) is 16.2. The van der Waals surface area contributed by atoms with Crippen molar-refractivity contribution in [2.24, 2.45) is 0 Å². The molecule has 0 bridgehead atoms. The molecule has 0 radical (unpaired) electrons. The molecule has 3 heteroatoms. The zero-order valence-corrected chi connectivity index (χ0v) is 13.4. The Morgan fingerprint density at radius 2 is 1.68 bits per heavy atom. The molecule has 2 aromatic carbocycles. The lowest BCUT2D eigenvalue weighted by atomic mass is 10.1. The van der Waals surface area contributed by atoms with Crippen molar-refractivity contribution in [3.05, 3.63) is 65.7 Å². The van der Waals surface area contributed by atoms with Crippen molar-refractivity contribution in [2.75, 3.05) is 18.9 Å². The van der Waals surface area contributed by atoms with Crippen molar-refractivity contribution in [2.45, 2.75) is 26.3 Å². The molecule has 2 rings (SSSR count). The van der Waals surface area contributed by atoms with E-state index in [2.05, 4.69) is 41.4 Å². The molecule has 0 saturated carbocycles. The third-order valence-corrected chi connectivity index (χ3v) is 3.66. The molecule has 0 atom stereocenters. The van der Waals surface area contributed by atoms with E-state index in [1.807, 2.05) is 37.4 Å². The summed E-state index contributed by atoms with van der Waals surface area (Å²) in [6.07, 6.45) is 1.51. The fourth-order valence-corrected chi connectivity index (χ4v) is 2.31. The van der Waals surface area contributed by atoms with Gasteiger partial charge in [-0.15, -0.1) is 0 Å². The van der Waals surface area contributed by atoms with Crippen molar-refractivity contribution >= 4 is 11.6 Å². The van der Waals surface area contributed by atoms with Crippen LogP contribution in [-0.4, -0.2) is 24.4 Å². The summed E-state index contributed by atoms with van der Waals surface area (Å²) in [5.41, 5.74) is 3.41. The monoisotopic (exact) mass is 296 g/mol. The second-order valence-electron chi connectivity index (χ2n) is 5.57. The molecule has 22 heavy (non-hydrogen) atoms. The molecule has 0 saturated heterocycles. The number of anilines is 1. The molecule has 0 unspecified atom stereocenters. The van der Waals surface area contributed by atoms with Crippen LogP contribution in [0.25, 0.3) is 0 Å². The second-order valence-corrected chi connectivity index (χ2v) is 5.57. The first-order chi connectivity index (χ1) is 10.7. The van der Waals surface area contributed by atoms with Crippen molar-refractivity contribution in [1.29, 1.82) is 0 Å². The van der Waals surface area contributed by atoms with Gasteiger partial charge in [0, 0.05) is 25.2 Å². The predicted molar refractivity (Wildman–Crippen MR) is 91.8 cm³/mol. The first-order valence-electron chi connectivity index (χ1n) is 7.78. The zero-order valence-electron chi connectivity index (χ0n) is 13.4. The largest absolute Gasteiger partial charge is 0.326 e. The molecule has 0 aliphatic heterocycles. The summed E-state index contributed by atoms with van der Waals surface area (Å²) < 4.78 is 0. The number of rotatable bonds is 7. The quantitative estimate of drug-likeness (QED) is 0.844. The standard InChI is InChI=1S/C19H24N2O/c1-3-16-9-11-18(12-10-16)20-19(22)13-14-21(2)15-17-7-5-4-6-8-17/h4-12H,3,13-15H2,1-2H3,(H,20,22). The van der Waals surface area contributed by atoms with E-state index in [9.17, 15) is 4.79 Å². The summed E-state index contributed by atoms with van der Waals surface area (Å²) in [5.74, 6) is 0.0594. The van der Waals surface area contributed by atoms with Gasteiger partial charge in [0.1, 0.15) is 0 Å². The molecule has 1 N–H and O–H groups in total. The molecule has 0 heterocycles. The van der Waals surface area contributed by atoms with Gasteiger partial charge in [-0.05, 0) is 36.7 Å². The Labute approximate surface area is 133 Å². The molecule has 2 aromatic rings. The van der Waals surface area contributed by atoms with Crippen molar-refractivity contribution in [3.63, 3.8) is 0 Å². The molecule has 1 amide bonds. The SMILES string of the molecule is CCc1ccc(NC(=O)CCN(C)Cc2ccccc2)cc1. The van der Waals surface area contributed by atoms with Crippen LogP contribution in [0, 0.1) is 0 Å². The summed E-state index contributed by atoms with van der Waals surface area (Å²) in [6.45, 7) is 3.73. The highest BCUT2D eigenvalue weighted by molar-refractivity contribution is 5.90. The van der Waals surface area contributed by atoms with E-state index in [-0.39, 0.29) is 5.91 Å². The lowest BCUT2D eigenvalue weighted by Gasteiger charge is -2.16. The van der Waals surface area contributed by atoms with Gasteiger partial charge in [-0.1, -0.05) is 49.4 Å². The third kappa shape index (κ3) is 5.34. The summed E-state index contributed by atoms with van der Waals surface area (Å²) in [7, 11) is 2.04. The number of nitrogens with one attached hydrogen (secondary N) is 1. The Morgan fingerprint density at radius 3 is 2.32 bits per heavy atom. The minimum atomic E-state index is 0.0594. The van der Waals surface area contributed by atoms with Gasteiger partial charge in [-0.3, -0.25) is 4.79 Å². The van der Waals surface area contributed by atoms with Gasteiger partial charge in [-0.2, -0.15) is 0 Å². The fourth-order valence-electron chi connectivity index (χ4n) is 2.31. The lowest BCUT2D eigenvalue weighted by molar-refractivity contribution is -0.116. The summed E-state index contributed by atoms with van der Waals surface area (Å²) in [6, 6.07) is 18.3. The summed E-state index contributed by atoms with van der Waals surface area (Å²) >= 11 is 0. The number of hydrogen-bond donors (Lipinski definition) is 1. The summed E-state index contributed by atoms with van der Waals surface area (Å²) in [4.78, 5) is 14.1. The van der Waals surface area contributed by atoms with Crippen molar-refractivity contribution in [3.8, 4) is 0 Å².